The standard InChI is InChI=1S/C18H20O6/c1-8-6-10-13(9(2)24-8)16(20)14-11(15(10)19)7-12(21-3)17(22-4)18(14)23-5/h7-9H,6H2,1-5H3/t8?,9-/m1/s1. The van der Waals surface area contributed by atoms with Crippen molar-refractivity contribution in [3.63, 3.8) is 0 Å². The van der Waals surface area contributed by atoms with Crippen molar-refractivity contribution in [1.29, 1.82) is 0 Å². The summed E-state index contributed by atoms with van der Waals surface area (Å²) < 4.78 is 21.8. The zero-order valence-corrected chi connectivity index (χ0v) is 14.4. The normalized spacial score (nSPS) is 22.9. The fourth-order valence-electron chi connectivity index (χ4n) is 3.50. The molecule has 1 aromatic rings. The van der Waals surface area contributed by atoms with E-state index in [0.29, 0.717) is 29.1 Å². The van der Waals surface area contributed by atoms with Gasteiger partial charge in [0.05, 0.1) is 39.1 Å². The van der Waals surface area contributed by atoms with Gasteiger partial charge in [0.1, 0.15) is 0 Å². The number of hydrogen-bond donors (Lipinski definition) is 0. The molecule has 3 rings (SSSR count). The van der Waals surface area contributed by atoms with Gasteiger partial charge in [0.25, 0.3) is 0 Å². The highest BCUT2D eigenvalue weighted by Crippen LogP contribution is 2.47. The average molecular weight is 332 g/mol. The van der Waals surface area contributed by atoms with Gasteiger partial charge >= 0.3 is 0 Å². The van der Waals surface area contributed by atoms with Crippen LogP contribution < -0.4 is 14.2 Å². The minimum atomic E-state index is -0.439. The summed E-state index contributed by atoms with van der Waals surface area (Å²) in [5, 5.41) is 0. The lowest BCUT2D eigenvalue weighted by molar-refractivity contribution is 0.0148. The Kier molecular flexibility index (Phi) is 4.09. The Hall–Kier alpha value is -2.34. The largest absolute Gasteiger partial charge is 0.493 e. The molecule has 0 spiro atoms. The molecular formula is C18H20O6. The molecule has 0 bridgehead atoms. The van der Waals surface area contributed by atoms with E-state index < -0.39 is 6.10 Å². The molecular weight excluding hydrogens is 312 g/mol. The third kappa shape index (κ3) is 2.21. The first-order valence-corrected chi connectivity index (χ1v) is 7.75. The molecule has 0 radical (unpaired) electrons. The fraction of sp³-hybridized carbons (Fsp3) is 0.444. The van der Waals surface area contributed by atoms with Crippen molar-refractivity contribution in [3.05, 3.63) is 28.3 Å². The van der Waals surface area contributed by atoms with Crippen LogP contribution >= 0.6 is 0 Å². The highest BCUT2D eigenvalue weighted by molar-refractivity contribution is 6.29. The van der Waals surface area contributed by atoms with E-state index in [-0.39, 0.29) is 34.5 Å². The van der Waals surface area contributed by atoms with Gasteiger partial charge in [0.15, 0.2) is 23.1 Å². The van der Waals surface area contributed by atoms with Gasteiger partial charge < -0.3 is 18.9 Å². The van der Waals surface area contributed by atoms with Crippen molar-refractivity contribution in [2.75, 3.05) is 21.3 Å². The Labute approximate surface area is 140 Å². The molecule has 0 aromatic heterocycles. The molecule has 0 amide bonds. The Morgan fingerprint density at radius 3 is 2.25 bits per heavy atom. The van der Waals surface area contributed by atoms with E-state index in [1.54, 1.807) is 13.0 Å². The Morgan fingerprint density at radius 1 is 1.00 bits per heavy atom. The summed E-state index contributed by atoms with van der Waals surface area (Å²) in [6.45, 7) is 3.68. The summed E-state index contributed by atoms with van der Waals surface area (Å²) >= 11 is 0. The molecule has 128 valence electrons. The number of ketones is 2. The molecule has 6 nitrogen and oxygen atoms in total. The minimum Gasteiger partial charge on any atom is -0.493 e. The first-order valence-electron chi connectivity index (χ1n) is 7.75. The van der Waals surface area contributed by atoms with Gasteiger partial charge in [-0.2, -0.15) is 0 Å². The van der Waals surface area contributed by atoms with Gasteiger partial charge in [-0.25, -0.2) is 0 Å². The quantitative estimate of drug-likeness (QED) is 0.847. The van der Waals surface area contributed by atoms with E-state index in [0.717, 1.165) is 0 Å². The lowest BCUT2D eigenvalue weighted by Gasteiger charge is -2.33. The fourth-order valence-corrected chi connectivity index (χ4v) is 3.50. The van der Waals surface area contributed by atoms with Crippen molar-refractivity contribution < 1.29 is 28.5 Å². The molecule has 1 heterocycles. The maximum absolute atomic E-state index is 13.1. The van der Waals surface area contributed by atoms with Crippen LogP contribution in [-0.2, 0) is 4.74 Å². The number of fused-ring (bicyclic) bond motifs is 1. The molecule has 1 aliphatic carbocycles. The van der Waals surface area contributed by atoms with Crippen LogP contribution in [0, 0.1) is 0 Å². The molecule has 2 aliphatic rings. The van der Waals surface area contributed by atoms with E-state index in [2.05, 4.69) is 0 Å². The third-order valence-electron chi connectivity index (χ3n) is 4.48. The SMILES string of the molecule is COc1cc2c(c(OC)c1OC)C(=O)C1=C(CC(C)O[C@@H]1C)C2=O. The number of Topliss-reactive ketones (excluding diaryl/α,β-unsaturated/α-hetero) is 2. The van der Waals surface area contributed by atoms with E-state index in [4.69, 9.17) is 18.9 Å². The topological polar surface area (TPSA) is 71.1 Å². The second-order valence-corrected chi connectivity index (χ2v) is 5.91. The monoisotopic (exact) mass is 332 g/mol. The first-order chi connectivity index (χ1) is 11.4. The summed E-state index contributed by atoms with van der Waals surface area (Å²) in [5.74, 6) is 0.424. The predicted octanol–water partition coefficient (Wildman–Crippen LogP) is 2.59. The lowest BCUT2D eigenvalue weighted by atomic mass is 9.78. The molecule has 1 aromatic carbocycles. The second kappa shape index (κ2) is 5.94. The van der Waals surface area contributed by atoms with E-state index in [9.17, 15) is 9.59 Å². The molecule has 0 fully saturated rings. The molecule has 24 heavy (non-hydrogen) atoms. The van der Waals surface area contributed by atoms with E-state index in [1.807, 2.05) is 6.92 Å². The molecule has 1 aliphatic heterocycles. The molecule has 0 N–H and O–H groups in total. The Balaban J connectivity index is 2.29. The van der Waals surface area contributed by atoms with Gasteiger partial charge in [-0.3, -0.25) is 9.59 Å². The summed E-state index contributed by atoms with van der Waals surface area (Å²) in [7, 11) is 4.37. The van der Waals surface area contributed by atoms with Crippen molar-refractivity contribution in [2.24, 2.45) is 0 Å². The maximum Gasteiger partial charge on any atom is 0.204 e. The first kappa shape index (κ1) is 16.5. The van der Waals surface area contributed by atoms with Crippen molar-refractivity contribution >= 4 is 11.6 Å². The zero-order valence-electron chi connectivity index (χ0n) is 14.4. The van der Waals surface area contributed by atoms with Crippen LogP contribution in [0.15, 0.2) is 17.2 Å². The van der Waals surface area contributed by atoms with E-state index in [1.165, 1.54) is 21.3 Å². The highest BCUT2D eigenvalue weighted by atomic mass is 16.5. The van der Waals surface area contributed by atoms with Crippen molar-refractivity contribution in [2.45, 2.75) is 32.5 Å². The number of hydrogen-bond acceptors (Lipinski definition) is 6. The van der Waals surface area contributed by atoms with Gasteiger partial charge in [0.2, 0.25) is 5.75 Å². The zero-order chi connectivity index (χ0) is 17.6. The van der Waals surface area contributed by atoms with Crippen molar-refractivity contribution in [3.8, 4) is 17.2 Å². The summed E-state index contributed by atoms with van der Waals surface area (Å²) in [6.07, 6.45) is -0.134. The lowest BCUT2D eigenvalue weighted by Crippen LogP contribution is -2.36. The summed E-state index contributed by atoms with van der Waals surface area (Å²) in [4.78, 5) is 26.1. The maximum atomic E-state index is 13.1. The van der Waals surface area contributed by atoms with Gasteiger partial charge in [-0.05, 0) is 19.9 Å². The molecule has 0 saturated heterocycles. The molecule has 6 heteroatoms. The minimum absolute atomic E-state index is 0.112. The van der Waals surface area contributed by atoms with Crippen LogP contribution in [0.2, 0.25) is 0 Å². The molecule has 1 unspecified atom stereocenters. The van der Waals surface area contributed by atoms with Crippen LogP contribution in [0.5, 0.6) is 17.2 Å². The van der Waals surface area contributed by atoms with E-state index >= 15 is 0 Å². The number of carbonyl (C=O) groups excluding carboxylic acids is 2. The summed E-state index contributed by atoms with van der Waals surface area (Å²) in [6, 6.07) is 1.55. The predicted molar refractivity (Wildman–Crippen MR) is 86.4 cm³/mol. The molecule has 2 atom stereocenters. The van der Waals surface area contributed by atoms with Crippen molar-refractivity contribution in [1.82, 2.24) is 0 Å². The third-order valence-corrected chi connectivity index (χ3v) is 4.48. The van der Waals surface area contributed by atoms with Gasteiger partial charge in [-0.15, -0.1) is 0 Å². The summed E-state index contributed by atoms with van der Waals surface area (Å²) in [5.41, 5.74) is 1.43. The number of carbonyl (C=O) groups is 2. The van der Waals surface area contributed by atoms with Gasteiger partial charge in [0, 0.05) is 23.1 Å². The number of methoxy groups -OCH3 is 3. The Bertz CT molecular complexity index is 761. The van der Waals surface area contributed by atoms with Crippen LogP contribution in [-0.4, -0.2) is 45.1 Å². The number of ether oxygens (including phenoxy) is 4. The number of rotatable bonds is 3. The van der Waals surface area contributed by atoms with Crippen LogP contribution in [0.1, 0.15) is 41.0 Å². The average Bonchev–Trinajstić information content (AvgIpc) is 2.56. The Morgan fingerprint density at radius 2 is 1.67 bits per heavy atom. The van der Waals surface area contributed by atoms with Crippen LogP contribution in [0.25, 0.3) is 0 Å². The second-order valence-electron chi connectivity index (χ2n) is 5.91. The van der Waals surface area contributed by atoms with Crippen LogP contribution in [0.3, 0.4) is 0 Å². The van der Waals surface area contributed by atoms with Crippen LogP contribution in [0.4, 0.5) is 0 Å². The highest BCUT2D eigenvalue weighted by Gasteiger charge is 2.42. The smallest absolute Gasteiger partial charge is 0.204 e. The van der Waals surface area contributed by atoms with Gasteiger partial charge in [-0.1, -0.05) is 0 Å². The molecule has 0 saturated carbocycles. The number of benzene rings is 1.